The normalized spacial score (nSPS) is 9.26. The number of carbonyl (C=O) groups excluding carboxylic acids is 4. The molecule has 0 radical (unpaired) electrons. The van der Waals surface area contributed by atoms with Crippen molar-refractivity contribution in [2.24, 2.45) is 0 Å². The molecule has 1 rings (SSSR count). The van der Waals surface area contributed by atoms with E-state index in [0.29, 0.717) is 12.1 Å². The summed E-state index contributed by atoms with van der Waals surface area (Å²) in [5.41, 5.74) is -4.11. The second-order valence-corrected chi connectivity index (χ2v) is 3.09. The van der Waals surface area contributed by atoms with E-state index in [1.54, 1.807) is 0 Å². The molecule has 0 spiro atoms. The standard InChI is InChI=1S/C10H6O8.Ru/c11-7(12)3-1-4(8(13)14)6(10(17)18)2-5(3)9(15)16;/h1-2H,(H,11,12)(H,13,14)(H,15,16)(H,17,18);/q;+4/p-4. The van der Waals surface area contributed by atoms with Gasteiger partial charge in [0.1, 0.15) is 0 Å². The molecule has 0 saturated carbocycles. The van der Waals surface area contributed by atoms with Crippen molar-refractivity contribution >= 4 is 23.9 Å². The van der Waals surface area contributed by atoms with Gasteiger partial charge in [0.25, 0.3) is 0 Å². The first-order valence-corrected chi connectivity index (χ1v) is 4.29. The zero-order valence-corrected chi connectivity index (χ0v) is 10.5. The molecule has 19 heavy (non-hydrogen) atoms. The fourth-order valence-corrected chi connectivity index (χ4v) is 1.28. The number of carbonyl (C=O) groups is 4. The number of aromatic carboxylic acids is 4. The van der Waals surface area contributed by atoms with Crippen LogP contribution >= 0.6 is 0 Å². The van der Waals surface area contributed by atoms with Crippen molar-refractivity contribution in [3.05, 3.63) is 34.4 Å². The Morgan fingerprint density at radius 1 is 0.579 bits per heavy atom. The third-order valence-corrected chi connectivity index (χ3v) is 2.04. The molecule has 1 aromatic rings. The summed E-state index contributed by atoms with van der Waals surface area (Å²) in [4.78, 5) is 42.4. The van der Waals surface area contributed by atoms with Gasteiger partial charge in [-0.2, -0.15) is 0 Å². The Balaban J connectivity index is 0.00000324. The fourth-order valence-electron chi connectivity index (χ4n) is 1.28. The Kier molecular flexibility index (Phi) is 5.33. The van der Waals surface area contributed by atoms with E-state index in [4.69, 9.17) is 0 Å². The summed E-state index contributed by atoms with van der Waals surface area (Å²) in [7, 11) is 0. The Bertz CT molecular complexity index is 479. The maximum absolute atomic E-state index is 10.6. The van der Waals surface area contributed by atoms with Gasteiger partial charge in [0.05, 0.1) is 23.9 Å². The zero-order chi connectivity index (χ0) is 14.0. The molecule has 0 heterocycles. The van der Waals surface area contributed by atoms with Crippen LogP contribution in [0.4, 0.5) is 0 Å². The number of hydrogen-bond donors (Lipinski definition) is 0. The average Bonchev–Trinajstić information content (AvgIpc) is 2.26. The van der Waals surface area contributed by atoms with E-state index in [1.807, 2.05) is 0 Å². The van der Waals surface area contributed by atoms with Crippen LogP contribution in [-0.2, 0) is 19.5 Å². The first kappa shape index (κ1) is 16.7. The number of carboxylic acids is 4. The summed E-state index contributed by atoms with van der Waals surface area (Å²) in [6, 6.07) is 0.613. The minimum Gasteiger partial charge on any atom is -0.545 e. The van der Waals surface area contributed by atoms with Crippen molar-refractivity contribution < 1.29 is 59.1 Å². The van der Waals surface area contributed by atoms with Gasteiger partial charge in [-0.25, -0.2) is 0 Å². The van der Waals surface area contributed by atoms with Gasteiger partial charge < -0.3 is 39.6 Å². The molecule has 98 valence electrons. The molecule has 0 unspecified atom stereocenters. The predicted molar refractivity (Wildman–Crippen MR) is 43.8 cm³/mol. The second kappa shape index (κ2) is 6.06. The molecule has 0 N–H and O–H groups in total. The minimum atomic E-state index is -2.00. The van der Waals surface area contributed by atoms with Gasteiger partial charge in [-0.3, -0.25) is 0 Å². The van der Waals surface area contributed by atoms with E-state index in [9.17, 15) is 39.6 Å². The van der Waals surface area contributed by atoms with Gasteiger partial charge >= 0.3 is 19.5 Å². The topological polar surface area (TPSA) is 161 Å². The summed E-state index contributed by atoms with van der Waals surface area (Å²) in [5.74, 6) is -7.99. The summed E-state index contributed by atoms with van der Waals surface area (Å²) >= 11 is 0. The average molecular weight is 351 g/mol. The SMILES string of the molecule is O=C([O-])c1cc(C(=O)[O-])c(C(=O)[O-])cc1C(=O)[O-].[Ru+4]. The van der Waals surface area contributed by atoms with Crippen molar-refractivity contribution in [2.75, 3.05) is 0 Å². The van der Waals surface area contributed by atoms with E-state index in [0.717, 1.165) is 0 Å². The maximum Gasteiger partial charge on any atom is 4.00 e. The monoisotopic (exact) mass is 352 g/mol. The van der Waals surface area contributed by atoms with Crippen molar-refractivity contribution in [2.45, 2.75) is 0 Å². The molecule has 0 aliphatic carbocycles. The minimum absolute atomic E-state index is 0. The van der Waals surface area contributed by atoms with E-state index >= 15 is 0 Å². The molecular formula is C10H2O8Ru. The molecule has 0 fully saturated rings. The first-order valence-electron chi connectivity index (χ1n) is 4.29. The van der Waals surface area contributed by atoms with Crippen LogP contribution in [0.2, 0.25) is 0 Å². The third-order valence-electron chi connectivity index (χ3n) is 2.04. The Hall–Kier alpha value is -2.28. The van der Waals surface area contributed by atoms with Crippen LogP contribution in [0, 0.1) is 0 Å². The number of hydrogen-bond acceptors (Lipinski definition) is 8. The van der Waals surface area contributed by atoms with Gasteiger partial charge in [0, 0.05) is 22.3 Å². The van der Waals surface area contributed by atoms with Crippen LogP contribution in [0.15, 0.2) is 12.1 Å². The third kappa shape index (κ3) is 3.35. The van der Waals surface area contributed by atoms with Crippen LogP contribution < -0.4 is 20.4 Å². The van der Waals surface area contributed by atoms with Crippen LogP contribution in [0.25, 0.3) is 0 Å². The largest absolute Gasteiger partial charge is 4.00 e. The molecule has 9 heteroatoms. The Morgan fingerprint density at radius 2 is 0.737 bits per heavy atom. The van der Waals surface area contributed by atoms with E-state index < -0.39 is 46.1 Å². The van der Waals surface area contributed by atoms with Gasteiger partial charge in [-0.15, -0.1) is 0 Å². The summed E-state index contributed by atoms with van der Waals surface area (Å²) < 4.78 is 0. The first-order chi connectivity index (χ1) is 8.25. The van der Waals surface area contributed by atoms with Crippen LogP contribution in [0.1, 0.15) is 41.4 Å². The van der Waals surface area contributed by atoms with Crippen molar-refractivity contribution in [1.82, 2.24) is 0 Å². The Morgan fingerprint density at radius 3 is 0.842 bits per heavy atom. The molecule has 1 aromatic carbocycles. The molecule has 0 atom stereocenters. The number of rotatable bonds is 4. The predicted octanol–water partition coefficient (Wildman–Crippen LogP) is -4.86. The van der Waals surface area contributed by atoms with Crippen LogP contribution in [-0.4, -0.2) is 23.9 Å². The van der Waals surface area contributed by atoms with Crippen molar-refractivity contribution in [3.63, 3.8) is 0 Å². The van der Waals surface area contributed by atoms with Crippen LogP contribution in [0.3, 0.4) is 0 Å². The number of carboxylic acid groups (broad SMARTS) is 4. The molecule has 0 aromatic heterocycles. The van der Waals surface area contributed by atoms with E-state index in [-0.39, 0.29) is 19.5 Å². The van der Waals surface area contributed by atoms with Gasteiger partial charge in [0.15, 0.2) is 0 Å². The zero-order valence-electron chi connectivity index (χ0n) is 8.77. The van der Waals surface area contributed by atoms with Crippen molar-refractivity contribution in [1.29, 1.82) is 0 Å². The van der Waals surface area contributed by atoms with E-state index in [1.165, 1.54) is 0 Å². The molecule has 0 amide bonds. The van der Waals surface area contributed by atoms with Crippen molar-refractivity contribution in [3.8, 4) is 0 Å². The molecule has 8 nitrogen and oxygen atoms in total. The van der Waals surface area contributed by atoms with Gasteiger partial charge in [-0.1, -0.05) is 0 Å². The Labute approximate surface area is 118 Å². The molecule has 0 aliphatic rings. The van der Waals surface area contributed by atoms with Crippen LogP contribution in [0.5, 0.6) is 0 Å². The summed E-state index contributed by atoms with van der Waals surface area (Å²) in [6.07, 6.45) is 0. The van der Waals surface area contributed by atoms with E-state index in [2.05, 4.69) is 0 Å². The summed E-state index contributed by atoms with van der Waals surface area (Å²) in [5, 5.41) is 42.4. The molecule has 0 saturated heterocycles. The maximum atomic E-state index is 10.6. The smallest absolute Gasteiger partial charge is 0.545 e. The summed E-state index contributed by atoms with van der Waals surface area (Å²) in [6.45, 7) is 0. The molecule has 0 aliphatic heterocycles. The van der Waals surface area contributed by atoms with Gasteiger partial charge in [0.2, 0.25) is 0 Å². The fraction of sp³-hybridized carbons (Fsp3) is 0. The second-order valence-electron chi connectivity index (χ2n) is 3.09. The molecule has 0 bridgehead atoms. The number of benzene rings is 1. The van der Waals surface area contributed by atoms with Gasteiger partial charge in [-0.05, 0) is 12.1 Å². The quantitative estimate of drug-likeness (QED) is 0.488. The molecular weight excluding hydrogens is 349 g/mol.